The second-order valence-electron chi connectivity index (χ2n) is 5.23. The number of piperidine rings is 1. The molecular formula is C13H26N2O2. The van der Waals surface area contributed by atoms with E-state index < -0.39 is 0 Å². The Morgan fingerprint density at radius 1 is 1.18 bits per heavy atom. The van der Waals surface area contributed by atoms with Gasteiger partial charge in [-0.15, -0.1) is 0 Å². The molecule has 0 radical (unpaired) electrons. The summed E-state index contributed by atoms with van der Waals surface area (Å²) in [6.45, 7) is 7.45. The van der Waals surface area contributed by atoms with Crippen LogP contribution in [0, 0.1) is 5.92 Å². The second kappa shape index (κ2) is 7.31. The van der Waals surface area contributed by atoms with Crippen molar-refractivity contribution in [2.24, 2.45) is 5.92 Å². The maximum Gasteiger partial charge on any atom is 0.0715 e. The minimum absolute atomic E-state index is 0.437. The Balaban J connectivity index is 1.60. The highest BCUT2D eigenvalue weighted by molar-refractivity contribution is 4.80. The van der Waals surface area contributed by atoms with Crippen LogP contribution in [-0.4, -0.2) is 64.1 Å². The van der Waals surface area contributed by atoms with Gasteiger partial charge in [0.1, 0.15) is 0 Å². The predicted molar refractivity (Wildman–Crippen MR) is 68.3 cm³/mol. The summed E-state index contributed by atoms with van der Waals surface area (Å²) in [5.41, 5.74) is 0. The van der Waals surface area contributed by atoms with Crippen LogP contribution in [0.4, 0.5) is 0 Å². The second-order valence-corrected chi connectivity index (χ2v) is 5.23. The molecule has 1 atom stereocenters. The van der Waals surface area contributed by atoms with Gasteiger partial charge in [0.05, 0.1) is 19.3 Å². The number of methoxy groups -OCH3 is 1. The van der Waals surface area contributed by atoms with Crippen molar-refractivity contribution < 1.29 is 9.47 Å². The van der Waals surface area contributed by atoms with Crippen molar-refractivity contribution in [3.63, 3.8) is 0 Å². The Morgan fingerprint density at radius 3 is 2.76 bits per heavy atom. The molecule has 2 aliphatic rings. The van der Waals surface area contributed by atoms with Crippen molar-refractivity contribution in [2.75, 3.05) is 53.0 Å². The van der Waals surface area contributed by atoms with Crippen LogP contribution in [0.2, 0.25) is 0 Å². The number of likely N-dealkylation sites (tertiary alicyclic amines) is 1. The lowest BCUT2D eigenvalue weighted by molar-refractivity contribution is 0.0213. The molecule has 0 amide bonds. The van der Waals surface area contributed by atoms with Crippen LogP contribution >= 0.6 is 0 Å². The van der Waals surface area contributed by atoms with Crippen molar-refractivity contribution in [1.29, 1.82) is 0 Å². The van der Waals surface area contributed by atoms with Crippen LogP contribution < -0.4 is 5.32 Å². The predicted octanol–water partition coefficient (Wildman–Crippen LogP) is 0.723. The third kappa shape index (κ3) is 4.54. The summed E-state index contributed by atoms with van der Waals surface area (Å²) in [5, 5.41) is 3.43. The molecule has 4 heteroatoms. The minimum atomic E-state index is 0.437. The van der Waals surface area contributed by atoms with Gasteiger partial charge in [-0.2, -0.15) is 0 Å². The lowest BCUT2D eigenvalue weighted by Crippen LogP contribution is -2.35. The van der Waals surface area contributed by atoms with E-state index in [1.54, 1.807) is 7.11 Å². The first-order chi connectivity index (χ1) is 8.38. The first kappa shape index (κ1) is 13.3. The van der Waals surface area contributed by atoms with Gasteiger partial charge >= 0.3 is 0 Å². The van der Waals surface area contributed by atoms with Crippen molar-refractivity contribution in [1.82, 2.24) is 10.2 Å². The molecule has 2 heterocycles. The van der Waals surface area contributed by atoms with Crippen LogP contribution in [0.25, 0.3) is 0 Å². The zero-order valence-electron chi connectivity index (χ0n) is 11.0. The molecule has 0 saturated carbocycles. The molecule has 0 aliphatic carbocycles. The fourth-order valence-electron chi connectivity index (χ4n) is 2.83. The van der Waals surface area contributed by atoms with E-state index in [2.05, 4.69) is 10.2 Å². The number of ether oxygens (including phenoxy) is 2. The Hall–Kier alpha value is -0.160. The van der Waals surface area contributed by atoms with E-state index in [9.17, 15) is 0 Å². The zero-order chi connectivity index (χ0) is 11.9. The maximum atomic E-state index is 5.78. The topological polar surface area (TPSA) is 33.7 Å². The quantitative estimate of drug-likeness (QED) is 0.696. The number of nitrogens with one attached hydrogen (secondary N) is 1. The van der Waals surface area contributed by atoms with Gasteiger partial charge in [-0.25, -0.2) is 0 Å². The average Bonchev–Trinajstić information content (AvgIpc) is 2.79. The summed E-state index contributed by atoms with van der Waals surface area (Å²) in [7, 11) is 1.72. The van der Waals surface area contributed by atoms with E-state index in [0.717, 1.165) is 19.1 Å². The third-order valence-electron chi connectivity index (χ3n) is 3.85. The highest BCUT2D eigenvalue weighted by Gasteiger charge is 2.25. The summed E-state index contributed by atoms with van der Waals surface area (Å²) < 4.78 is 10.8. The van der Waals surface area contributed by atoms with Gasteiger partial charge in [-0.1, -0.05) is 0 Å². The summed E-state index contributed by atoms with van der Waals surface area (Å²) in [4.78, 5) is 2.58. The van der Waals surface area contributed by atoms with Crippen molar-refractivity contribution in [2.45, 2.75) is 25.4 Å². The molecule has 2 aliphatic heterocycles. The molecule has 2 rings (SSSR count). The highest BCUT2D eigenvalue weighted by Crippen LogP contribution is 2.18. The molecule has 0 aromatic carbocycles. The molecule has 100 valence electrons. The van der Waals surface area contributed by atoms with Gasteiger partial charge in [0.25, 0.3) is 0 Å². The molecule has 4 nitrogen and oxygen atoms in total. The summed E-state index contributed by atoms with van der Waals surface area (Å²) in [6.07, 6.45) is 4.30. The van der Waals surface area contributed by atoms with E-state index in [1.165, 1.54) is 45.4 Å². The van der Waals surface area contributed by atoms with E-state index >= 15 is 0 Å². The molecular weight excluding hydrogens is 216 g/mol. The van der Waals surface area contributed by atoms with Crippen molar-refractivity contribution in [3.05, 3.63) is 0 Å². The van der Waals surface area contributed by atoms with Crippen molar-refractivity contribution >= 4 is 0 Å². The monoisotopic (exact) mass is 242 g/mol. The minimum Gasteiger partial charge on any atom is -0.382 e. The molecule has 0 aromatic heterocycles. The molecule has 2 saturated heterocycles. The van der Waals surface area contributed by atoms with Crippen LogP contribution in [0.15, 0.2) is 0 Å². The number of hydrogen-bond acceptors (Lipinski definition) is 4. The average molecular weight is 242 g/mol. The van der Waals surface area contributed by atoms with E-state index in [0.29, 0.717) is 12.7 Å². The Bertz CT molecular complexity index is 208. The first-order valence-corrected chi connectivity index (χ1v) is 6.92. The fraction of sp³-hybridized carbons (Fsp3) is 1.00. The molecule has 1 unspecified atom stereocenters. The number of nitrogens with zero attached hydrogens (tertiary/aromatic N) is 1. The zero-order valence-corrected chi connectivity index (χ0v) is 11.0. The highest BCUT2D eigenvalue weighted by atomic mass is 16.5. The van der Waals surface area contributed by atoms with Gasteiger partial charge in [0.2, 0.25) is 0 Å². The number of hydrogen-bond donors (Lipinski definition) is 1. The largest absolute Gasteiger partial charge is 0.382 e. The lowest BCUT2D eigenvalue weighted by atomic mass is 9.98. The summed E-state index contributed by atoms with van der Waals surface area (Å²) in [6, 6.07) is 0. The van der Waals surface area contributed by atoms with Gasteiger partial charge in [0.15, 0.2) is 0 Å². The van der Waals surface area contributed by atoms with Gasteiger partial charge in [0, 0.05) is 26.7 Å². The molecule has 0 spiro atoms. The van der Waals surface area contributed by atoms with Crippen molar-refractivity contribution in [3.8, 4) is 0 Å². The van der Waals surface area contributed by atoms with Crippen LogP contribution in [-0.2, 0) is 9.47 Å². The summed E-state index contributed by atoms with van der Waals surface area (Å²) >= 11 is 0. The fourth-order valence-corrected chi connectivity index (χ4v) is 2.83. The Kier molecular flexibility index (Phi) is 5.71. The maximum absolute atomic E-state index is 5.78. The standard InChI is InChI=1S/C13H26N2O2/c1-16-8-9-17-13-4-7-15(11-13)10-12-2-5-14-6-3-12/h12-14H,2-11H2,1H3. The summed E-state index contributed by atoms with van der Waals surface area (Å²) in [5.74, 6) is 0.897. The van der Waals surface area contributed by atoms with E-state index in [4.69, 9.17) is 9.47 Å². The van der Waals surface area contributed by atoms with E-state index in [1.807, 2.05) is 0 Å². The Labute approximate surface area is 105 Å². The molecule has 0 aromatic rings. The van der Waals surface area contributed by atoms with E-state index in [-0.39, 0.29) is 0 Å². The number of rotatable bonds is 6. The van der Waals surface area contributed by atoms with Crippen LogP contribution in [0.3, 0.4) is 0 Å². The first-order valence-electron chi connectivity index (χ1n) is 6.92. The molecule has 0 bridgehead atoms. The molecule has 17 heavy (non-hydrogen) atoms. The lowest BCUT2D eigenvalue weighted by Gasteiger charge is -2.27. The molecule has 2 fully saturated rings. The van der Waals surface area contributed by atoms with Gasteiger partial charge in [-0.3, -0.25) is 0 Å². The Morgan fingerprint density at radius 2 is 2.00 bits per heavy atom. The van der Waals surface area contributed by atoms with Gasteiger partial charge in [-0.05, 0) is 38.3 Å². The van der Waals surface area contributed by atoms with Crippen LogP contribution in [0.5, 0.6) is 0 Å². The normalized spacial score (nSPS) is 27.7. The molecule has 1 N–H and O–H groups in total. The third-order valence-corrected chi connectivity index (χ3v) is 3.85. The van der Waals surface area contributed by atoms with Gasteiger partial charge < -0.3 is 19.7 Å². The SMILES string of the molecule is COCCOC1CCN(CC2CCNCC2)C1. The smallest absolute Gasteiger partial charge is 0.0715 e. The van der Waals surface area contributed by atoms with Crippen LogP contribution in [0.1, 0.15) is 19.3 Å².